The molecule has 1 fully saturated rings. The van der Waals surface area contributed by atoms with Crippen LogP contribution in [0.25, 0.3) is 0 Å². The van der Waals surface area contributed by atoms with Crippen molar-refractivity contribution in [2.24, 2.45) is 0 Å². The van der Waals surface area contributed by atoms with Gasteiger partial charge in [0.05, 0.1) is 0 Å². The summed E-state index contributed by atoms with van der Waals surface area (Å²) in [7, 11) is 1.75. The van der Waals surface area contributed by atoms with Crippen molar-refractivity contribution in [3.8, 4) is 0 Å². The van der Waals surface area contributed by atoms with E-state index in [1.165, 1.54) is 17.0 Å². The number of rotatable bonds is 4. The van der Waals surface area contributed by atoms with Crippen LogP contribution in [0.4, 0.5) is 0 Å². The lowest BCUT2D eigenvalue weighted by Gasteiger charge is -2.38. The number of likely N-dealkylation sites (N-methyl/N-ethyl adjacent to an activating group) is 1. The fourth-order valence-corrected chi connectivity index (χ4v) is 2.68. The van der Waals surface area contributed by atoms with Crippen LogP contribution in [0.3, 0.4) is 0 Å². The SMILES string of the molecule is CCCC[C@H]1C(=O)N(C)CCN1C(=O)c1cc(=O)cc(C)o1. The Labute approximate surface area is 129 Å². The minimum Gasteiger partial charge on any atom is -0.456 e. The maximum absolute atomic E-state index is 12.7. The summed E-state index contributed by atoms with van der Waals surface area (Å²) >= 11 is 0. The van der Waals surface area contributed by atoms with Crippen LogP contribution >= 0.6 is 0 Å². The summed E-state index contributed by atoms with van der Waals surface area (Å²) in [6.07, 6.45) is 2.45. The van der Waals surface area contributed by atoms with Crippen molar-refractivity contribution in [3.05, 3.63) is 33.9 Å². The first kappa shape index (κ1) is 16.3. The largest absolute Gasteiger partial charge is 0.456 e. The van der Waals surface area contributed by atoms with E-state index in [-0.39, 0.29) is 23.0 Å². The van der Waals surface area contributed by atoms with E-state index >= 15 is 0 Å². The van der Waals surface area contributed by atoms with E-state index in [4.69, 9.17) is 4.42 Å². The van der Waals surface area contributed by atoms with E-state index in [1.54, 1.807) is 18.9 Å². The molecule has 1 aromatic heterocycles. The van der Waals surface area contributed by atoms with Gasteiger partial charge in [-0.1, -0.05) is 19.8 Å². The number of aryl methyl sites for hydroxylation is 1. The number of nitrogens with zero attached hydrogens (tertiary/aromatic N) is 2. The zero-order valence-electron chi connectivity index (χ0n) is 13.3. The maximum Gasteiger partial charge on any atom is 0.290 e. The quantitative estimate of drug-likeness (QED) is 0.843. The first-order chi connectivity index (χ1) is 10.4. The smallest absolute Gasteiger partial charge is 0.290 e. The number of carbonyl (C=O) groups excluding carboxylic acids is 2. The van der Waals surface area contributed by atoms with Crippen molar-refractivity contribution in [2.45, 2.75) is 39.2 Å². The van der Waals surface area contributed by atoms with Gasteiger partial charge in [0.15, 0.2) is 11.2 Å². The highest BCUT2D eigenvalue weighted by molar-refractivity contribution is 5.96. The normalized spacial score (nSPS) is 18.7. The summed E-state index contributed by atoms with van der Waals surface area (Å²) in [5, 5.41) is 0. The van der Waals surface area contributed by atoms with Crippen LogP contribution in [0.2, 0.25) is 0 Å². The zero-order chi connectivity index (χ0) is 16.3. The fourth-order valence-electron chi connectivity index (χ4n) is 2.68. The molecule has 0 N–H and O–H groups in total. The molecule has 1 saturated heterocycles. The molecule has 1 aliphatic rings. The first-order valence-electron chi connectivity index (χ1n) is 7.61. The molecule has 1 aliphatic heterocycles. The molecule has 0 bridgehead atoms. The molecule has 0 aliphatic carbocycles. The predicted molar refractivity (Wildman–Crippen MR) is 81.7 cm³/mol. The molecule has 6 nitrogen and oxygen atoms in total. The van der Waals surface area contributed by atoms with Crippen LogP contribution < -0.4 is 5.43 Å². The van der Waals surface area contributed by atoms with E-state index in [2.05, 4.69) is 0 Å². The van der Waals surface area contributed by atoms with E-state index in [0.29, 0.717) is 25.3 Å². The van der Waals surface area contributed by atoms with Crippen LogP contribution in [0.15, 0.2) is 21.3 Å². The van der Waals surface area contributed by atoms with Gasteiger partial charge in [-0.25, -0.2) is 0 Å². The Morgan fingerprint density at radius 3 is 2.68 bits per heavy atom. The molecule has 2 rings (SSSR count). The predicted octanol–water partition coefficient (Wildman–Crippen LogP) is 1.42. The summed E-state index contributed by atoms with van der Waals surface area (Å²) < 4.78 is 5.37. The number of amides is 2. The van der Waals surface area contributed by atoms with Gasteiger partial charge >= 0.3 is 0 Å². The van der Waals surface area contributed by atoms with Gasteiger partial charge in [-0.05, 0) is 13.3 Å². The number of carbonyl (C=O) groups is 2. The monoisotopic (exact) mass is 306 g/mol. The van der Waals surface area contributed by atoms with Crippen LogP contribution in [-0.2, 0) is 4.79 Å². The lowest BCUT2D eigenvalue weighted by Crippen LogP contribution is -2.57. The zero-order valence-corrected chi connectivity index (χ0v) is 13.3. The topological polar surface area (TPSA) is 70.8 Å². The third-order valence-electron chi connectivity index (χ3n) is 3.91. The molecule has 0 radical (unpaired) electrons. The third kappa shape index (κ3) is 3.37. The lowest BCUT2D eigenvalue weighted by molar-refractivity contribution is -0.138. The third-order valence-corrected chi connectivity index (χ3v) is 3.91. The van der Waals surface area contributed by atoms with E-state index in [0.717, 1.165) is 12.8 Å². The van der Waals surface area contributed by atoms with Crippen LogP contribution in [-0.4, -0.2) is 47.8 Å². The van der Waals surface area contributed by atoms with Gasteiger partial charge in [0, 0.05) is 32.3 Å². The van der Waals surface area contributed by atoms with Gasteiger partial charge in [-0.15, -0.1) is 0 Å². The highest BCUT2D eigenvalue weighted by Gasteiger charge is 2.36. The molecule has 0 unspecified atom stereocenters. The Morgan fingerprint density at radius 1 is 1.32 bits per heavy atom. The molecular weight excluding hydrogens is 284 g/mol. The van der Waals surface area contributed by atoms with Crippen molar-refractivity contribution in [3.63, 3.8) is 0 Å². The molecule has 0 saturated carbocycles. The average molecular weight is 306 g/mol. The summed E-state index contributed by atoms with van der Waals surface area (Å²) in [6.45, 7) is 4.61. The highest BCUT2D eigenvalue weighted by Crippen LogP contribution is 2.19. The van der Waals surface area contributed by atoms with Crippen molar-refractivity contribution in [1.29, 1.82) is 0 Å². The Balaban J connectivity index is 2.28. The van der Waals surface area contributed by atoms with Gasteiger partial charge < -0.3 is 14.2 Å². The summed E-state index contributed by atoms with van der Waals surface area (Å²) in [6, 6.07) is 2.05. The number of unbranched alkanes of at least 4 members (excludes halogenated alkanes) is 1. The summed E-state index contributed by atoms with van der Waals surface area (Å²) in [4.78, 5) is 39.8. The summed E-state index contributed by atoms with van der Waals surface area (Å²) in [5.74, 6) is -0.0448. The van der Waals surface area contributed by atoms with Crippen LogP contribution in [0, 0.1) is 6.92 Å². The van der Waals surface area contributed by atoms with E-state index in [9.17, 15) is 14.4 Å². The lowest BCUT2D eigenvalue weighted by atomic mass is 10.0. The highest BCUT2D eigenvalue weighted by atomic mass is 16.3. The summed E-state index contributed by atoms with van der Waals surface area (Å²) in [5.41, 5.74) is -0.266. The molecule has 1 atom stereocenters. The molecule has 22 heavy (non-hydrogen) atoms. The van der Waals surface area contributed by atoms with Crippen molar-refractivity contribution < 1.29 is 14.0 Å². The minimum absolute atomic E-state index is 0.00357. The average Bonchev–Trinajstić information content (AvgIpc) is 2.47. The number of piperazine rings is 1. The molecule has 0 spiro atoms. The molecule has 1 aromatic rings. The van der Waals surface area contributed by atoms with E-state index in [1.807, 2.05) is 6.92 Å². The van der Waals surface area contributed by atoms with Crippen molar-refractivity contribution >= 4 is 11.8 Å². The number of hydrogen-bond donors (Lipinski definition) is 0. The first-order valence-corrected chi connectivity index (χ1v) is 7.61. The Bertz CT molecular complexity index is 623. The minimum atomic E-state index is -0.475. The van der Waals surface area contributed by atoms with Crippen LogP contribution in [0.1, 0.15) is 42.5 Å². The Hall–Kier alpha value is -2.11. The Morgan fingerprint density at radius 2 is 2.05 bits per heavy atom. The second-order valence-corrected chi connectivity index (χ2v) is 5.68. The Kier molecular flexibility index (Phi) is 5.00. The van der Waals surface area contributed by atoms with Gasteiger partial charge in [0.2, 0.25) is 5.91 Å². The molecule has 2 amide bonds. The van der Waals surface area contributed by atoms with Gasteiger partial charge in [0.1, 0.15) is 11.8 Å². The van der Waals surface area contributed by atoms with Gasteiger partial charge in [-0.3, -0.25) is 14.4 Å². The van der Waals surface area contributed by atoms with Crippen LogP contribution in [0.5, 0.6) is 0 Å². The molecular formula is C16H22N2O4. The molecule has 6 heteroatoms. The van der Waals surface area contributed by atoms with Crippen molar-refractivity contribution in [2.75, 3.05) is 20.1 Å². The standard InChI is InChI=1S/C16H22N2O4/c1-4-5-6-13-15(20)17(3)7-8-18(13)16(21)14-10-12(19)9-11(2)22-14/h9-10,13H,4-8H2,1-3H3/t13-/m0/s1. The fraction of sp³-hybridized carbons (Fsp3) is 0.562. The molecule has 120 valence electrons. The van der Waals surface area contributed by atoms with Crippen molar-refractivity contribution in [1.82, 2.24) is 9.80 Å². The molecule has 2 heterocycles. The second kappa shape index (κ2) is 6.77. The molecule has 0 aromatic carbocycles. The second-order valence-electron chi connectivity index (χ2n) is 5.68. The van der Waals surface area contributed by atoms with E-state index < -0.39 is 6.04 Å². The van der Waals surface area contributed by atoms with Gasteiger partial charge in [-0.2, -0.15) is 0 Å². The number of hydrogen-bond acceptors (Lipinski definition) is 4. The van der Waals surface area contributed by atoms with Gasteiger partial charge in [0.25, 0.3) is 5.91 Å². The maximum atomic E-state index is 12.7.